The molecule has 0 bridgehead atoms. The van der Waals surface area contributed by atoms with Crippen LogP contribution in [0.2, 0.25) is 0 Å². The van der Waals surface area contributed by atoms with Crippen molar-refractivity contribution in [2.45, 2.75) is 6.04 Å². The van der Waals surface area contributed by atoms with Gasteiger partial charge in [-0.15, -0.1) is 0 Å². The molecule has 1 aliphatic rings. The minimum absolute atomic E-state index is 0.0821. The van der Waals surface area contributed by atoms with Crippen molar-refractivity contribution in [3.63, 3.8) is 0 Å². The van der Waals surface area contributed by atoms with E-state index in [0.717, 1.165) is 6.08 Å². The van der Waals surface area contributed by atoms with E-state index >= 15 is 0 Å². The molecule has 1 unspecified atom stereocenters. The maximum absolute atomic E-state index is 10.8. The van der Waals surface area contributed by atoms with Crippen LogP contribution in [0.3, 0.4) is 0 Å². The zero-order valence-electron chi connectivity index (χ0n) is 7.27. The lowest BCUT2D eigenvalue weighted by atomic mass is 10.3. The van der Waals surface area contributed by atoms with Gasteiger partial charge in [-0.1, -0.05) is 0 Å². The molecule has 0 aromatic carbocycles. The van der Waals surface area contributed by atoms with Crippen LogP contribution in [0.5, 0.6) is 0 Å². The quantitative estimate of drug-likeness (QED) is 0.328. The molecule has 7 heteroatoms. The molecule has 0 radical (unpaired) electrons. The van der Waals surface area contributed by atoms with Crippen molar-refractivity contribution >= 4 is 17.7 Å². The molecule has 0 aromatic heterocycles. The monoisotopic (exact) mass is 198 g/mol. The molecule has 14 heavy (non-hydrogen) atoms. The average Bonchev–Trinajstić information content (AvgIpc) is 2.77. The van der Waals surface area contributed by atoms with E-state index in [-0.39, 0.29) is 12.2 Å². The Hall–Kier alpha value is -2.05. The average molecular weight is 198 g/mol. The van der Waals surface area contributed by atoms with Gasteiger partial charge >= 0.3 is 0 Å². The Labute approximate surface area is 79.5 Å². The first-order valence-corrected chi connectivity index (χ1v) is 3.80. The number of hydrogen-bond acceptors (Lipinski definition) is 4. The molecule has 0 saturated carbocycles. The van der Waals surface area contributed by atoms with Gasteiger partial charge in [-0.25, -0.2) is 0 Å². The molecule has 1 fully saturated rings. The minimum atomic E-state index is -0.812. The molecule has 6 N–H and O–H groups in total. The Morgan fingerprint density at radius 1 is 1.21 bits per heavy atom. The number of amides is 3. The summed E-state index contributed by atoms with van der Waals surface area (Å²) in [4.78, 5) is 33.3. The van der Waals surface area contributed by atoms with Gasteiger partial charge in [0, 0.05) is 12.6 Å². The highest BCUT2D eigenvalue weighted by molar-refractivity contribution is 6.00. The zero-order chi connectivity index (χ0) is 10.9. The van der Waals surface area contributed by atoms with Gasteiger partial charge in [0.2, 0.25) is 11.8 Å². The molecule has 76 valence electrons. The predicted molar refractivity (Wildman–Crippen MR) is 46.2 cm³/mol. The maximum atomic E-state index is 10.8. The third-order valence-electron chi connectivity index (χ3n) is 1.78. The Morgan fingerprint density at radius 3 is 2.07 bits per heavy atom. The third-order valence-corrected chi connectivity index (χ3v) is 1.78. The van der Waals surface area contributed by atoms with Crippen molar-refractivity contribution in [3.05, 3.63) is 11.8 Å². The lowest BCUT2D eigenvalue weighted by Crippen LogP contribution is -2.27. The van der Waals surface area contributed by atoms with E-state index in [2.05, 4.69) is 0 Å². The molecule has 1 heterocycles. The van der Waals surface area contributed by atoms with Gasteiger partial charge in [0.25, 0.3) is 5.91 Å². The van der Waals surface area contributed by atoms with E-state index in [0.29, 0.717) is 0 Å². The summed E-state index contributed by atoms with van der Waals surface area (Å²) < 4.78 is 0. The second kappa shape index (κ2) is 3.36. The highest BCUT2D eigenvalue weighted by atomic mass is 16.2. The summed E-state index contributed by atoms with van der Waals surface area (Å²) in [5.41, 5.74) is 14.7. The largest absolute Gasteiger partial charge is 0.368 e. The van der Waals surface area contributed by atoms with E-state index in [1.807, 2.05) is 0 Å². The van der Waals surface area contributed by atoms with Crippen LogP contribution < -0.4 is 17.2 Å². The van der Waals surface area contributed by atoms with Gasteiger partial charge in [0.15, 0.2) is 0 Å². The van der Waals surface area contributed by atoms with Crippen molar-refractivity contribution in [1.82, 2.24) is 4.90 Å². The molecular formula is C7H10N4O3. The first-order chi connectivity index (χ1) is 6.43. The molecule has 1 saturated heterocycles. The minimum Gasteiger partial charge on any atom is -0.368 e. The number of nitrogens with zero attached hydrogens (tertiary/aromatic N) is 1. The lowest BCUT2D eigenvalue weighted by Gasteiger charge is -2.04. The van der Waals surface area contributed by atoms with E-state index in [1.54, 1.807) is 0 Å². The van der Waals surface area contributed by atoms with Crippen LogP contribution in [0.15, 0.2) is 11.8 Å². The third kappa shape index (κ3) is 2.00. The Balaban J connectivity index is 2.78. The summed E-state index contributed by atoms with van der Waals surface area (Å²) in [6.07, 6.45) is 0.880. The van der Waals surface area contributed by atoms with Crippen LogP contribution >= 0.6 is 0 Å². The molecule has 3 amide bonds. The van der Waals surface area contributed by atoms with Crippen LogP contribution in [0, 0.1) is 0 Å². The summed E-state index contributed by atoms with van der Waals surface area (Å²) in [6, 6.07) is -0.562. The second-order valence-corrected chi connectivity index (χ2v) is 2.87. The summed E-state index contributed by atoms with van der Waals surface area (Å²) in [7, 11) is 0. The van der Waals surface area contributed by atoms with Crippen LogP contribution in [0.25, 0.3) is 0 Å². The fourth-order valence-electron chi connectivity index (χ4n) is 1.08. The van der Waals surface area contributed by atoms with Crippen LogP contribution in [-0.4, -0.2) is 35.2 Å². The van der Waals surface area contributed by atoms with Gasteiger partial charge in [0.05, 0.1) is 0 Å². The van der Waals surface area contributed by atoms with Gasteiger partial charge in [-0.2, -0.15) is 0 Å². The van der Waals surface area contributed by atoms with Crippen molar-refractivity contribution in [2.75, 3.05) is 6.54 Å². The highest BCUT2D eigenvalue weighted by Crippen LogP contribution is 2.23. The molecule has 1 rings (SSSR count). The molecule has 7 nitrogen and oxygen atoms in total. The van der Waals surface area contributed by atoms with Gasteiger partial charge < -0.3 is 22.1 Å². The Morgan fingerprint density at radius 2 is 1.79 bits per heavy atom. The predicted octanol–water partition coefficient (Wildman–Crippen LogP) is -2.99. The highest BCUT2D eigenvalue weighted by Gasteiger charge is 2.42. The van der Waals surface area contributed by atoms with Crippen LogP contribution in [0.1, 0.15) is 0 Å². The molecular weight excluding hydrogens is 188 g/mol. The van der Waals surface area contributed by atoms with Gasteiger partial charge in [-0.05, 0) is 0 Å². The van der Waals surface area contributed by atoms with Crippen molar-refractivity contribution in [1.29, 1.82) is 0 Å². The molecule has 1 aliphatic heterocycles. The summed E-state index contributed by atoms with van der Waals surface area (Å²) in [5, 5.41) is 0. The zero-order valence-corrected chi connectivity index (χ0v) is 7.27. The van der Waals surface area contributed by atoms with Gasteiger partial charge in [-0.3, -0.25) is 14.4 Å². The van der Waals surface area contributed by atoms with Crippen LogP contribution in [-0.2, 0) is 14.4 Å². The van der Waals surface area contributed by atoms with Crippen molar-refractivity contribution < 1.29 is 14.4 Å². The smallest absolute Gasteiger partial charge is 0.265 e. The number of rotatable bonds is 4. The fraction of sp³-hybridized carbons (Fsp3) is 0.286. The molecule has 0 aromatic rings. The summed E-state index contributed by atoms with van der Waals surface area (Å²) >= 11 is 0. The molecule has 0 aliphatic carbocycles. The number of primary amides is 3. The fourth-order valence-corrected chi connectivity index (χ4v) is 1.08. The number of hydrogen-bond donors (Lipinski definition) is 3. The number of nitrogens with two attached hydrogens (primary N) is 3. The van der Waals surface area contributed by atoms with E-state index in [1.165, 1.54) is 4.90 Å². The second-order valence-electron chi connectivity index (χ2n) is 2.87. The Bertz CT molecular complexity index is 336. The van der Waals surface area contributed by atoms with Crippen LogP contribution in [0.4, 0.5) is 0 Å². The standard InChI is InChI=1S/C7H10N4O3/c8-5(12)1-3(6(9)13)11-2-4(11)7(10)14/h1,4H,2H2,(H2,8,12)(H2,9,13)(H2,10,14)/b3-1-. The SMILES string of the molecule is NC(=O)/C=C(/C(N)=O)N1CC1C(N)=O. The van der Waals surface area contributed by atoms with E-state index in [4.69, 9.17) is 17.2 Å². The van der Waals surface area contributed by atoms with E-state index < -0.39 is 23.8 Å². The molecule has 0 spiro atoms. The topological polar surface area (TPSA) is 132 Å². The van der Waals surface area contributed by atoms with Crippen molar-refractivity contribution in [2.24, 2.45) is 17.2 Å². The summed E-state index contributed by atoms with van der Waals surface area (Å²) in [5.74, 6) is -2.18. The molecule has 1 atom stereocenters. The van der Waals surface area contributed by atoms with Crippen molar-refractivity contribution in [3.8, 4) is 0 Å². The number of carbonyl (C=O) groups is 3. The maximum Gasteiger partial charge on any atom is 0.265 e. The van der Waals surface area contributed by atoms with E-state index in [9.17, 15) is 14.4 Å². The number of carbonyl (C=O) groups excluding carboxylic acids is 3. The normalized spacial score (nSPS) is 20.4. The summed E-state index contributed by atoms with van der Waals surface area (Å²) in [6.45, 7) is 0.289. The first-order valence-electron chi connectivity index (χ1n) is 3.80. The lowest BCUT2D eigenvalue weighted by molar-refractivity contribution is -0.119. The van der Waals surface area contributed by atoms with Gasteiger partial charge in [0.1, 0.15) is 11.7 Å². The first kappa shape index (κ1) is 10.0. The Kier molecular flexibility index (Phi) is 2.41.